The lowest BCUT2D eigenvalue weighted by atomic mass is 9.92. The summed E-state index contributed by atoms with van der Waals surface area (Å²) in [6.07, 6.45) is 4.85. The summed E-state index contributed by atoms with van der Waals surface area (Å²) in [4.78, 5) is 41.4. The molecule has 0 aromatic heterocycles. The highest BCUT2D eigenvalue weighted by Gasteiger charge is 2.37. The van der Waals surface area contributed by atoms with Crippen molar-refractivity contribution < 1.29 is 14.4 Å². The molecule has 4 rings (SSSR count). The maximum atomic E-state index is 13.1. The first kappa shape index (κ1) is 20.6. The smallest absolute Gasteiger partial charge is 0.270 e. The predicted octanol–water partition coefficient (Wildman–Crippen LogP) is 2.46. The minimum Gasteiger partial charge on any atom is -0.343 e. The summed E-state index contributed by atoms with van der Waals surface area (Å²) in [5.41, 5.74) is 1.27. The molecular weight excluding hydrogens is 380 g/mol. The number of anilines is 1. The molecule has 1 aromatic rings. The molecule has 3 aliphatic rings. The van der Waals surface area contributed by atoms with E-state index in [2.05, 4.69) is 5.10 Å². The molecule has 0 bridgehead atoms. The summed E-state index contributed by atoms with van der Waals surface area (Å²) in [6.45, 7) is 4.63. The van der Waals surface area contributed by atoms with Gasteiger partial charge in [0.15, 0.2) is 5.78 Å². The van der Waals surface area contributed by atoms with Crippen molar-refractivity contribution in [3.05, 3.63) is 30.3 Å². The lowest BCUT2D eigenvalue weighted by Gasteiger charge is -2.32. The van der Waals surface area contributed by atoms with Crippen molar-refractivity contribution in [2.75, 3.05) is 31.2 Å². The molecule has 0 spiro atoms. The van der Waals surface area contributed by atoms with Gasteiger partial charge in [-0.05, 0) is 50.7 Å². The van der Waals surface area contributed by atoms with Gasteiger partial charge in [0.1, 0.15) is 11.8 Å². The number of amides is 2. The lowest BCUT2D eigenvalue weighted by molar-refractivity contribution is -0.131. The number of para-hydroxylation sites is 1. The van der Waals surface area contributed by atoms with E-state index >= 15 is 0 Å². The average molecular weight is 411 g/mol. The standard InChI is InChI=1S/C23H30N4O3/c1-17(28)21-16-20(24-27(21)19-7-3-2-4-8-19)23(30)26-13-9-18(10-14-26)15-22(29)25-11-5-6-12-25/h2-4,7-8,18,21H,5-6,9-16H2,1H3. The maximum absolute atomic E-state index is 13.1. The van der Waals surface area contributed by atoms with Crippen LogP contribution in [-0.2, 0) is 14.4 Å². The van der Waals surface area contributed by atoms with Crippen molar-refractivity contribution in [2.45, 2.75) is 51.5 Å². The number of carbonyl (C=O) groups is 3. The van der Waals surface area contributed by atoms with Gasteiger partial charge in [0.2, 0.25) is 5.91 Å². The van der Waals surface area contributed by atoms with E-state index in [0.29, 0.717) is 37.6 Å². The van der Waals surface area contributed by atoms with Crippen LogP contribution in [0, 0.1) is 5.92 Å². The van der Waals surface area contributed by atoms with Crippen molar-refractivity contribution >= 4 is 29.0 Å². The normalized spacial score (nSPS) is 22.4. The van der Waals surface area contributed by atoms with E-state index in [4.69, 9.17) is 0 Å². The number of carbonyl (C=O) groups excluding carboxylic acids is 3. The molecule has 7 heteroatoms. The van der Waals surface area contributed by atoms with Crippen LogP contribution in [0.15, 0.2) is 35.4 Å². The number of rotatable bonds is 5. The van der Waals surface area contributed by atoms with Crippen LogP contribution in [-0.4, -0.2) is 65.3 Å². The molecule has 1 unspecified atom stereocenters. The second-order valence-electron chi connectivity index (χ2n) is 8.58. The van der Waals surface area contributed by atoms with Crippen LogP contribution in [0.1, 0.15) is 45.4 Å². The molecule has 2 amide bonds. The van der Waals surface area contributed by atoms with Gasteiger partial charge in [-0.2, -0.15) is 5.10 Å². The van der Waals surface area contributed by atoms with Gasteiger partial charge in [-0.3, -0.25) is 19.4 Å². The largest absolute Gasteiger partial charge is 0.343 e. The van der Waals surface area contributed by atoms with E-state index in [1.54, 1.807) is 11.9 Å². The number of ketones is 1. The maximum Gasteiger partial charge on any atom is 0.270 e. The number of hydrazone groups is 1. The fraction of sp³-hybridized carbons (Fsp3) is 0.565. The molecule has 0 radical (unpaired) electrons. The number of piperidine rings is 1. The van der Waals surface area contributed by atoms with E-state index in [1.165, 1.54) is 0 Å². The monoisotopic (exact) mass is 410 g/mol. The Balaban J connectivity index is 1.35. The third-order valence-electron chi connectivity index (χ3n) is 6.47. The first-order chi connectivity index (χ1) is 14.5. The van der Waals surface area contributed by atoms with Crippen LogP contribution in [0.4, 0.5) is 5.69 Å². The van der Waals surface area contributed by atoms with E-state index in [0.717, 1.165) is 44.5 Å². The first-order valence-corrected chi connectivity index (χ1v) is 11.0. The predicted molar refractivity (Wildman–Crippen MR) is 115 cm³/mol. The molecule has 0 aliphatic carbocycles. The number of Topliss-reactive ketones (excluding diaryl/α,β-unsaturated/α-hetero) is 1. The number of hydrogen-bond acceptors (Lipinski definition) is 5. The topological polar surface area (TPSA) is 73.3 Å². The van der Waals surface area contributed by atoms with Crippen molar-refractivity contribution in [3.8, 4) is 0 Å². The minimum absolute atomic E-state index is 0.00420. The number of nitrogens with zero attached hydrogens (tertiary/aromatic N) is 4. The highest BCUT2D eigenvalue weighted by atomic mass is 16.2. The van der Waals surface area contributed by atoms with Crippen LogP contribution >= 0.6 is 0 Å². The zero-order valence-electron chi connectivity index (χ0n) is 17.6. The molecule has 1 atom stereocenters. The van der Waals surface area contributed by atoms with Gasteiger partial charge in [0, 0.05) is 39.0 Å². The second kappa shape index (κ2) is 8.98. The van der Waals surface area contributed by atoms with Crippen LogP contribution in [0.5, 0.6) is 0 Å². The Morgan fingerprint density at radius 3 is 2.27 bits per heavy atom. The molecule has 1 aromatic carbocycles. The quantitative estimate of drug-likeness (QED) is 0.748. The Hall–Kier alpha value is -2.70. The van der Waals surface area contributed by atoms with Crippen LogP contribution in [0.3, 0.4) is 0 Å². The fourth-order valence-electron chi connectivity index (χ4n) is 4.64. The Kier molecular flexibility index (Phi) is 6.16. The summed E-state index contributed by atoms with van der Waals surface area (Å²) >= 11 is 0. The zero-order chi connectivity index (χ0) is 21.1. The van der Waals surface area contributed by atoms with Crippen LogP contribution in [0.2, 0.25) is 0 Å². The molecule has 2 saturated heterocycles. The molecule has 0 N–H and O–H groups in total. The van der Waals surface area contributed by atoms with Crippen LogP contribution in [0.25, 0.3) is 0 Å². The summed E-state index contributed by atoms with van der Waals surface area (Å²) in [7, 11) is 0. The fourth-order valence-corrected chi connectivity index (χ4v) is 4.64. The van der Waals surface area contributed by atoms with Gasteiger partial charge in [0.05, 0.1) is 5.69 Å². The minimum atomic E-state index is -0.429. The molecule has 160 valence electrons. The Bertz CT molecular complexity index is 824. The van der Waals surface area contributed by atoms with E-state index in [9.17, 15) is 14.4 Å². The van der Waals surface area contributed by atoms with Gasteiger partial charge in [-0.1, -0.05) is 18.2 Å². The number of benzene rings is 1. The van der Waals surface area contributed by atoms with Crippen molar-refractivity contribution in [3.63, 3.8) is 0 Å². The molecule has 7 nitrogen and oxygen atoms in total. The SMILES string of the molecule is CC(=O)C1CC(C(=O)N2CCC(CC(=O)N3CCCC3)CC2)=NN1c1ccccc1. The molecule has 3 aliphatic heterocycles. The van der Waals surface area contributed by atoms with E-state index in [-0.39, 0.29) is 17.6 Å². The number of likely N-dealkylation sites (tertiary alicyclic amines) is 2. The summed E-state index contributed by atoms with van der Waals surface area (Å²) in [5, 5.41) is 6.21. The highest BCUT2D eigenvalue weighted by molar-refractivity contribution is 6.40. The van der Waals surface area contributed by atoms with Crippen molar-refractivity contribution in [1.29, 1.82) is 0 Å². The van der Waals surface area contributed by atoms with Crippen molar-refractivity contribution in [1.82, 2.24) is 9.80 Å². The van der Waals surface area contributed by atoms with Gasteiger partial charge in [0.25, 0.3) is 5.91 Å². The third-order valence-corrected chi connectivity index (χ3v) is 6.47. The summed E-state index contributed by atoms with van der Waals surface area (Å²) in [6, 6.07) is 9.08. The van der Waals surface area contributed by atoms with E-state index < -0.39 is 6.04 Å². The average Bonchev–Trinajstić information content (AvgIpc) is 3.45. The Labute approximate surface area is 177 Å². The summed E-state index contributed by atoms with van der Waals surface area (Å²) < 4.78 is 0. The zero-order valence-corrected chi connectivity index (χ0v) is 17.6. The molecule has 2 fully saturated rings. The van der Waals surface area contributed by atoms with Crippen LogP contribution < -0.4 is 5.01 Å². The Morgan fingerprint density at radius 1 is 0.967 bits per heavy atom. The third kappa shape index (κ3) is 4.40. The van der Waals surface area contributed by atoms with Gasteiger partial charge < -0.3 is 9.80 Å². The highest BCUT2D eigenvalue weighted by Crippen LogP contribution is 2.27. The lowest BCUT2D eigenvalue weighted by Crippen LogP contribution is -2.43. The van der Waals surface area contributed by atoms with Crippen molar-refractivity contribution in [2.24, 2.45) is 11.0 Å². The van der Waals surface area contributed by atoms with Gasteiger partial charge in [-0.15, -0.1) is 0 Å². The van der Waals surface area contributed by atoms with Gasteiger partial charge >= 0.3 is 0 Å². The Morgan fingerprint density at radius 2 is 1.63 bits per heavy atom. The molecule has 30 heavy (non-hydrogen) atoms. The second-order valence-corrected chi connectivity index (χ2v) is 8.58. The van der Waals surface area contributed by atoms with E-state index in [1.807, 2.05) is 40.1 Å². The molecule has 3 heterocycles. The first-order valence-electron chi connectivity index (χ1n) is 11.0. The number of hydrogen-bond donors (Lipinski definition) is 0. The molecular formula is C23H30N4O3. The molecule has 0 saturated carbocycles. The van der Waals surface area contributed by atoms with Gasteiger partial charge in [-0.25, -0.2) is 0 Å². The summed E-state index contributed by atoms with van der Waals surface area (Å²) in [5.74, 6) is 0.534.